The van der Waals surface area contributed by atoms with E-state index >= 15 is 0 Å². The van der Waals surface area contributed by atoms with Gasteiger partial charge < -0.3 is 19.9 Å². The summed E-state index contributed by atoms with van der Waals surface area (Å²) in [7, 11) is 1.55. The van der Waals surface area contributed by atoms with Crippen LogP contribution >= 0.6 is 0 Å². The molecule has 0 bridgehead atoms. The number of benzene rings is 1. The van der Waals surface area contributed by atoms with Gasteiger partial charge in [0.25, 0.3) is 11.8 Å². The summed E-state index contributed by atoms with van der Waals surface area (Å²) in [6.07, 6.45) is 0.589. The molecule has 1 unspecified atom stereocenters. The molecular weight excluding hydrogens is 396 g/mol. The van der Waals surface area contributed by atoms with Crippen LogP contribution in [0, 0.1) is 11.6 Å². The van der Waals surface area contributed by atoms with Gasteiger partial charge in [-0.2, -0.15) is 0 Å². The highest BCUT2D eigenvalue weighted by atomic mass is 19.1. The summed E-state index contributed by atoms with van der Waals surface area (Å²) < 4.78 is 28.4. The number of aromatic nitrogens is 1. The van der Waals surface area contributed by atoms with Crippen LogP contribution in [0.3, 0.4) is 0 Å². The van der Waals surface area contributed by atoms with Crippen LogP contribution in [0.2, 0.25) is 0 Å². The Morgan fingerprint density at radius 2 is 2.03 bits per heavy atom. The van der Waals surface area contributed by atoms with Crippen molar-refractivity contribution in [3.8, 4) is 5.75 Å². The van der Waals surface area contributed by atoms with Gasteiger partial charge in [-0.05, 0) is 25.3 Å². The third-order valence-corrected chi connectivity index (χ3v) is 5.44. The number of carbonyl (C=O) groups is 2. The Labute approximate surface area is 171 Å². The Morgan fingerprint density at radius 3 is 2.67 bits per heavy atom. The average molecular weight is 419 g/mol. The standard InChI is InChI=1S/C21H23F2N3O4/c1-4-25(3)21(30)17-19(28)18(27)15(16-11(2)7-8-26(16)17)20(29)24-10-12-5-6-13(22)9-14(12)23/h5-6,9,11,28H,4,7-8,10H2,1-3H3,(H,24,29). The van der Waals surface area contributed by atoms with Crippen LogP contribution in [0.15, 0.2) is 23.0 Å². The number of hydrogen-bond donors (Lipinski definition) is 2. The first-order valence-corrected chi connectivity index (χ1v) is 9.64. The van der Waals surface area contributed by atoms with Gasteiger partial charge in [-0.15, -0.1) is 0 Å². The zero-order valence-electron chi connectivity index (χ0n) is 17.0. The fraction of sp³-hybridized carbons (Fsp3) is 0.381. The lowest BCUT2D eigenvalue weighted by Gasteiger charge is -2.21. The molecule has 9 heteroatoms. The van der Waals surface area contributed by atoms with Gasteiger partial charge in [0.15, 0.2) is 11.4 Å². The molecule has 1 aliphatic rings. The lowest BCUT2D eigenvalue weighted by atomic mass is 10.00. The summed E-state index contributed by atoms with van der Waals surface area (Å²) >= 11 is 0. The van der Waals surface area contributed by atoms with E-state index in [1.165, 1.54) is 15.5 Å². The van der Waals surface area contributed by atoms with E-state index in [1.807, 2.05) is 6.92 Å². The molecule has 1 aromatic carbocycles. The first-order chi connectivity index (χ1) is 14.2. The SMILES string of the molecule is CCN(C)C(=O)c1c(O)c(=O)c(C(=O)NCc2ccc(F)cc2F)c2n1CCC2C. The van der Waals surface area contributed by atoms with E-state index in [9.17, 15) is 28.3 Å². The number of aromatic hydroxyl groups is 1. The van der Waals surface area contributed by atoms with Crippen molar-refractivity contribution in [1.82, 2.24) is 14.8 Å². The van der Waals surface area contributed by atoms with Crippen molar-refractivity contribution in [2.45, 2.75) is 39.3 Å². The quantitative estimate of drug-likeness (QED) is 0.778. The van der Waals surface area contributed by atoms with Crippen LogP contribution in [-0.2, 0) is 13.1 Å². The van der Waals surface area contributed by atoms with E-state index in [4.69, 9.17) is 0 Å². The molecule has 160 valence electrons. The van der Waals surface area contributed by atoms with Crippen LogP contribution < -0.4 is 10.7 Å². The zero-order chi connectivity index (χ0) is 22.2. The van der Waals surface area contributed by atoms with Gasteiger partial charge in [0, 0.05) is 44.0 Å². The van der Waals surface area contributed by atoms with Gasteiger partial charge >= 0.3 is 0 Å². The summed E-state index contributed by atoms with van der Waals surface area (Å²) in [5.74, 6) is -3.84. The van der Waals surface area contributed by atoms with Gasteiger partial charge in [-0.1, -0.05) is 13.0 Å². The third kappa shape index (κ3) is 3.67. The predicted molar refractivity (Wildman–Crippen MR) is 106 cm³/mol. The number of carbonyl (C=O) groups excluding carboxylic acids is 2. The molecule has 7 nitrogen and oxygen atoms in total. The molecule has 2 heterocycles. The van der Waals surface area contributed by atoms with E-state index in [0.717, 1.165) is 6.07 Å². The molecule has 0 fully saturated rings. The molecule has 0 saturated heterocycles. The van der Waals surface area contributed by atoms with E-state index < -0.39 is 34.6 Å². The fourth-order valence-electron chi connectivity index (χ4n) is 3.62. The summed E-state index contributed by atoms with van der Waals surface area (Å²) in [4.78, 5) is 39.7. The zero-order valence-corrected chi connectivity index (χ0v) is 17.0. The Morgan fingerprint density at radius 1 is 1.33 bits per heavy atom. The number of hydrogen-bond acceptors (Lipinski definition) is 4. The van der Waals surface area contributed by atoms with Gasteiger partial charge in [-0.3, -0.25) is 14.4 Å². The van der Waals surface area contributed by atoms with E-state index in [-0.39, 0.29) is 29.3 Å². The van der Waals surface area contributed by atoms with E-state index in [1.54, 1.807) is 14.0 Å². The Hall–Kier alpha value is -3.23. The van der Waals surface area contributed by atoms with Gasteiger partial charge in [-0.25, -0.2) is 8.78 Å². The molecule has 2 N–H and O–H groups in total. The number of nitrogens with zero attached hydrogens (tertiary/aromatic N) is 2. The highest BCUT2D eigenvalue weighted by molar-refractivity contribution is 5.99. The van der Waals surface area contributed by atoms with Crippen LogP contribution in [0.4, 0.5) is 8.78 Å². The smallest absolute Gasteiger partial charge is 0.274 e. The second-order valence-electron chi connectivity index (χ2n) is 7.37. The van der Waals surface area contributed by atoms with Crippen LogP contribution in [0.5, 0.6) is 5.75 Å². The fourth-order valence-corrected chi connectivity index (χ4v) is 3.62. The largest absolute Gasteiger partial charge is 0.503 e. The van der Waals surface area contributed by atoms with Crippen molar-refractivity contribution in [3.05, 3.63) is 62.6 Å². The van der Waals surface area contributed by atoms with Crippen LogP contribution in [0.25, 0.3) is 0 Å². The highest BCUT2D eigenvalue weighted by Gasteiger charge is 2.35. The minimum absolute atomic E-state index is 0.0511. The average Bonchev–Trinajstić information content (AvgIpc) is 3.08. The predicted octanol–water partition coefficient (Wildman–Crippen LogP) is 2.36. The Kier molecular flexibility index (Phi) is 5.91. The molecule has 1 aromatic heterocycles. The summed E-state index contributed by atoms with van der Waals surface area (Å²) in [5.41, 5.74) is -0.932. The molecule has 30 heavy (non-hydrogen) atoms. The normalized spacial score (nSPS) is 15.0. The van der Waals surface area contributed by atoms with Crippen LogP contribution in [-0.4, -0.2) is 40.0 Å². The number of rotatable bonds is 5. The topological polar surface area (TPSA) is 91.6 Å². The second-order valence-corrected chi connectivity index (χ2v) is 7.37. The molecule has 0 saturated carbocycles. The lowest BCUT2D eigenvalue weighted by molar-refractivity contribution is 0.0785. The molecule has 3 rings (SSSR count). The molecular formula is C21H23F2N3O4. The van der Waals surface area contributed by atoms with Gasteiger partial charge in [0.05, 0.1) is 0 Å². The maximum absolute atomic E-state index is 13.8. The summed E-state index contributed by atoms with van der Waals surface area (Å²) in [5, 5.41) is 12.9. The van der Waals surface area contributed by atoms with Crippen LogP contribution in [0.1, 0.15) is 58.3 Å². The lowest BCUT2D eigenvalue weighted by Crippen LogP contribution is -2.35. The van der Waals surface area contributed by atoms with Crippen molar-refractivity contribution in [2.75, 3.05) is 13.6 Å². The third-order valence-electron chi connectivity index (χ3n) is 5.44. The van der Waals surface area contributed by atoms with Crippen molar-refractivity contribution in [3.63, 3.8) is 0 Å². The first kappa shape index (κ1) is 21.5. The molecule has 2 amide bonds. The summed E-state index contributed by atoms with van der Waals surface area (Å²) in [6, 6.07) is 2.97. The van der Waals surface area contributed by atoms with Crippen molar-refractivity contribution < 1.29 is 23.5 Å². The highest BCUT2D eigenvalue weighted by Crippen LogP contribution is 2.33. The van der Waals surface area contributed by atoms with Crippen molar-refractivity contribution in [1.29, 1.82) is 0 Å². The molecule has 0 radical (unpaired) electrons. The molecule has 0 spiro atoms. The molecule has 0 aliphatic carbocycles. The first-order valence-electron chi connectivity index (χ1n) is 9.64. The van der Waals surface area contributed by atoms with Crippen molar-refractivity contribution >= 4 is 11.8 Å². The molecule has 1 atom stereocenters. The number of fused-ring (bicyclic) bond motifs is 1. The minimum Gasteiger partial charge on any atom is -0.503 e. The maximum Gasteiger partial charge on any atom is 0.274 e. The monoisotopic (exact) mass is 419 g/mol. The number of halogens is 2. The van der Waals surface area contributed by atoms with Gasteiger partial charge in [0.1, 0.15) is 17.2 Å². The maximum atomic E-state index is 13.8. The molecule has 1 aliphatic heterocycles. The van der Waals surface area contributed by atoms with E-state index in [2.05, 4.69) is 5.32 Å². The number of nitrogens with one attached hydrogen (secondary N) is 1. The number of amides is 2. The second kappa shape index (κ2) is 8.25. The Balaban J connectivity index is 2.02. The Bertz CT molecular complexity index is 1080. The van der Waals surface area contributed by atoms with Gasteiger partial charge in [0.2, 0.25) is 5.43 Å². The van der Waals surface area contributed by atoms with E-state index in [0.29, 0.717) is 31.3 Å². The number of pyridine rings is 1. The molecule has 2 aromatic rings. The minimum atomic E-state index is -0.945. The summed E-state index contributed by atoms with van der Waals surface area (Å²) in [6.45, 7) is 4.07. The van der Waals surface area contributed by atoms with Crippen molar-refractivity contribution in [2.24, 2.45) is 0 Å².